The first-order valence-corrected chi connectivity index (χ1v) is 7.59. The van der Waals surface area contributed by atoms with Gasteiger partial charge in [-0.25, -0.2) is 4.98 Å². The Morgan fingerprint density at radius 3 is 3.00 bits per heavy atom. The summed E-state index contributed by atoms with van der Waals surface area (Å²) in [4.78, 5) is 30.1. The number of thiophene rings is 1. The van der Waals surface area contributed by atoms with Gasteiger partial charge in [-0.2, -0.15) is 0 Å². The number of aryl methyl sites for hydroxylation is 1. The molecule has 1 aliphatic rings. The zero-order chi connectivity index (χ0) is 15.1. The minimum Gasteiger partial charge on any atom is -0.481 e. The highest BCUT2D eigenvalue weighted by Crippen LogP contribution is 2.42. The number of hydrogen-bond donors (Lipinski definition) is 1. The van der Waals surface area contributed by atoms with E-state index in [2.05, 4.69) is 4.98 Å². The highest BCUT2D eigenvalue weighted by molar-refractivity contribution is 7.18. The first-order chi connectivity index (χ1) is 10.0. The van der Waals surface area contributed by atoms with Crippen molar-refractivity contribution in [3.05, 3.63) is 26.6 Å². The van der Waals surface area contributed by atoms with Gasteiger partial charge in [0.15, 0.2) is 0 Å². The van der Waals surface area contributed by atoms with Gasteiger partial charge in [-0.1, -0.05) is 0 Å². The molecule has 0 radical (unpaired) electrons. The van der Waals surface area contributed by atoms with E-state index in [-0.39, 0.29) is 5.56 Å². The average Bonchev–Trinajstić information content (AvgIpc) is 2.99. The van der Waals surface area contributed by atoms with Gasteiger partial charge in [-0.15, -0.1) is 11.3 Å². The molecule has 6 nitrogen and oxygen atoms in total. The molecular weight excluding hydrogens is 292 g/mol. The fourth-order valence-electron chi connectivity index (χ4n) is 2.88. The molecule has 2 heterocycles. The molecule has 0 amide bonds. The number of hydrogen-bond acceptors (Lipinski definition) is 5. The number of carbonyl (C=O) groups is 1. The summed E-state index contributed by atoms with van der Waals surface area (Å²) >= 11 is 1.45. The Labute approximate surface area is 125 Å². The molecule has 0 bridgehead atoms. The van der Waals surface area contributed by atoms with Crippen LogP contribution in [0.4, 0.5) is 0 Å². The van der Waals surface area contributed by atoms with Gasteiger partial charge in [0.2, 0.25) is 0 Å². The van der Waals surface area contributed by atoms with Crippen molar-refractivity contribution in [1.29, 1.82) is 0 Å². The number of rotatable bonds is 4. The van der Waals surface area contributed by atoms with Crippen LogP contribution in [-0.4, -0.2) is 34.3 Å². The molecule has 1 unspecified atom stereocenters. The van der Waals surface area contributed by atoms with Crippen molar-refractivity contribution < 1.29 is 14.6 Å². The summed E-state index contributed by atoms with van der Waals surface area (Å²) in [5.74, 6) is -0.770. The van der Waals surface area contributed by atoms with Crippen molar-refractivity contribution in [2.75, 3.05) is 13.7 Å². The molecule has 0 saturated carbocycles. The van der Waals surface area contributed by atoms with E-state index in [1.54, 1.807) is 14.2 Å². The SMILES string of the molecule is COCCc1nc2sc3c(c2c(=O)n1C)C(C(=O)O)CC3. The number of methoxy groups -OCH3 is 1. The molecule has 1 aliphatic carbocycles. The average molecular weight is 308 g/mol. The van der Waals surface area contributed by atoms with E-state index in [1.807, 2.05) is 0 Å². The van der Waals surface area contributed by atoms with Crippen LogP contribution in [0, 0.1) is 0 Å². The molecule has 0 spiro atoms. The van der Waals surface area contributed by atoms with Gasteiger partial charge in [-0.3, -0.25) is 14.2 Å². The van der Waals surface area contributed by atoms with Crippen molar-refractivity contribution in [3.8, 4) is 0 Å². The molecule has 1 atom stereocenters. The Morgan fingerprint density at radius 1 is 1.57 bits per heavy atom. The van der Waals surface area contributed by atoms with Gasteiger partial charge < -0.3 is 9.84 Å². The zero-order valence-corrected chi connectivity index (χ0v) is 12.7. The lowest BCUT2D eigenvalue weighted by Crippen LogP contribution is -2.24. The minimum absolute atomic E-state index is 0.156. The first kappa shape index (κ1) is 14.2. The number of carboxylic acid groups (broad SMARTS) is 1. The van der Waals surface area contributed by atoms with E-state index in [4.69, 9.17) is 4.74 Å². The maximum Gasteiger partial charge on any atom is 0.311 e. The van der Waals surface area contributed by atoms with Gasteiger partial charge in [0.1, 0.15) is 10.7 Å². The topological polar surface area (TPSA) is 81.4 Å². The Hall–Kier alpha value is -1.73. The van der Waals surface area contributed by atoms with Crippen LogP contribution in [0.5, 0.6) is 0 Å². The molecule has 0 aliphatic heterocycles. The molecule has 2 aromatic rings. The van der Waals surface area contributed by atoms with E-state index in [0.29, 0.717) is 47.5 Å². The minimum atomic E-state index is -0.862. The molecule has 0 saturated heterocycles. The van der Waals surface area contributed by atoms with Crippen LogP contribution in [0.1, 0.15) is 28.6 Å². The van der Waals surface area contributed by atoms with Gasteiger partial charge in [-0.05, 0) is 18.4 Å². The first-order valence-electron chi connectivity index (χ1n) is 6.77. The fourth-order valence-corrected chi connectivity index (χ4v) is 4.14. The number of fused-ring (bicyclic) bond motifs is 3. The lowest BCUT2D eigenvalue weighted by atomic mass is 10.0. The number of nitrogens with zero attached hydrogens (tertiary/aromatic N) is 2. The molecule has 21 heavy (non-hydrogen) atoms. The van der Waals surface area contributed by atoms with Crippen molar-refractivity contribution in [2.45, 2.75) is 25.2 Å². The molecule has 112 valence electrons. The summed E-state index contributed by atoms with van der Waals surface area (Å²) in [6, 6.07) is 0. The third-order valence-electron chi connectivity index (χ3n) is 3.98. The van der Waals surface area contributed by atoms with Crippen molar-refractivity contribution >= 4 is 27.5 Å². The lowest BCUT2D eigenvalue weighted by molar-refractivity contribution is -0.138. The molecule has 0 aromatic carbocycles. The second-order valence-electron chi connectivity index (χ2n) is 5.18. The van der Waals surface area contributed by atoms with Gasteiger partial charge in [0.25, 0.3) is 5.56 Å². The van der Waals surface area contributed by atoms with Gasteiger partial charge in [0.05, 0.1) is 17.9 Å². The van der Waals surface area contributed by atoms with E-state index < -0.39 is 11.9 Å². The van der Waals surface area contributed by atoms with E-state index in [9.17, 15) is 14.7 Å². The Morgan fingerprint density at radius 2 is 2.33 bits per heavy atom. The van der Waals surface area contributed by atoms with Crippen molar-refractivity contribution in [3.63, 3.8) is 0 Å². The third-order valence-corrected chi connectivity index (χ3v) is 5.14. The normalized spacial score (nSPS) is 17.3. The van der Waals surface area contributed by atoms with Gasteiger partial charge in [0, 0.05) is 25.5 Å². The van der Waals surface area contributed by atoms with Crippen LogP contribution < -0.4 is 5.56 Å². The summed E-state index contributed by atoms with van der Waals surface area (Å²) in [5, 5.41) is 9.82. The number of ether oxygens (including phenoxy) is 1. The molecule has 2 aromatic heterocycles. The van der Waals surface area contributed by atoms with Crippen molar-refractivity contribution in [1.82, 2.24) is 9.55 Å². The number of carboxylic acids is 1. The summed E-state index contributed by atoms with van der Waals surface area (Å²) in [6.07, 6.45) is 1.84. The zero-order valence-electron chi connectivity index (χ0n) is 11.9. The highest BCUT2D eigenvalue weighted by Gasteiger charge is 2.34. The smallest absolute Gasteiger partial charge is 0.311 e. The van der Waals surface area contributed by atoms with Crippen LogP contribution in [0.3, 0.4) is 0 Å². The third kappa shape index (κ3) is 2.16. The maximum absolute atomic E-state index is 12.6. The predicted molar refractivity (Wildman–Crippen MR) is 79.1 cm³/mol. The van der Waals surface area contributed by atoms with E-state index in [0.717, 1.165) is 4.88 Å². The van der Waals surface area contributed by atoms with Crippen LogP contribution in [0.25, 0.3) is 10.2 Å². The molecule has 7 heteroatoms. The Kier molecular flexibility index (Phi) is 3.54. The molecule has 1 N–H and O–H groups in total. The second-order valence-corrected chi connectivity index (χ2v) is 6.27. The number of aromatic nitrogens is 2. The van der Waals surface area contributed by atoms with E-state index >= 15 is 0 Å². The highest BCUT2D eigenvalue weighted by atomic mass is 32.1. The van der Waals surface area contributed by atoms with Crippen LogP contribution >= 0.6 is 11.3 Å². The summed E-state index contributed by atoms with van der Waals surface area (Å²) in [6.45, 7) is 0.495. The van der Waals surface area contributed by atoms with Crippen LogP contribution in [0.15, 0.2) is 4.79 Å². The quantitative estimate of drug-likeness (QED) is 0.920. The predicted octanol–water partition coefficient (Wildman–Crippen LogP) is 1.30. The largest absolute Gasteiger partial charge is 0.481 e. The Balaban J connectivity index is 2.21. The van der Waals surface area contributed by atoms with Crippen LogP contribution in [0.2, 0.25) is 0 Å². The fraction of sp³-hybridized carbons (Fsp3) is 0.500. The molecule has 0 fully saturated rings. The number of aliphatic carboxylic acids is 1. The molecular formula is C14H16N2O4S. The van der Waals surface area contributed by atoms with E-state index in [1.165, 1.54) is 15.9 Å². The standard InChI is InChI=1S/C14H16N2O4S/c1-16-9(5-6-20-2)15-12-11(13(16)17)10-7(14(18)19)3-4-8(10)21-12/h7H,3-6H2,1-2H3,(H,18,19). The van der Waals surface area contributed by atoms with Gasteiger partial charge >= 0.3 is 5.97 Å². The van der Waals surface area contributed by atoms with Crippen LogP contribution in [-0.2, 0) is 29.4 Å². The monoisotopic (exact) mass is 308 g/mol. The van der Waals surface area contributed by atoms with Crippen molar-refractivity contribution in [2.24, 2.45) is 7.05 Å². The summed E-state index contributed by atoms with van der Waals surface area (Å²) in [5.41, 5.74) is 0.533. The Bertz CT molecular complexity index is 777. The maximum atomic E-state index is 12.6. The summed E-state index contributed by atoms with van der Waals surface area (Å²) in [7, 11) is 3.28. The summed E-state index contributed by atoms with van der Waals surface area (Å²) < 4.78 is 6.54. The second kappa shape index (κ2) is 5.23. The molecule has 3 rings (SSSR count). The lowest BCUT2D eigenvalue weighted by Gasteiger charge is -2.09.